The van der Waals surface area contributed by atoms with Crippen molar-refractivity contribution in [1.29, 1.82) is 0 Å². The second-order valence-electron chi connectivity index (χ2n) is 7.15. The van der Waals surface area contributed by atoms with Gasteiger partial charge in [0.2, 0.25) is 5.91 Å². The summed E-state index contributed by atoms with van der Waals surface area (Å²) in [5, 5.41) is 15.2. The number of hydrogen-bond acceptors (Lipinski definition) is 3. The van der Waals surface area contributed by atoms with Crippen LogP contribution in [0.5, 0.6) is 5.75 Å². The standard InChI is InChI=1S/C26H22N2O2/c1-18(19-8-3-2-4-9-19)26(30)28-22-12-7-11-21(16-22)27-17-24-23-13-6-5-10-20(23)14-15-25(24)29/h2-18,29H,1H3,(H,28,30)/t18-/m1/s1. The zero-order chi connectivity index (χ0) is 20.9. The molecular formula is C26H22N2O2. The Balaban J connectivity index is 1.55. The van der Waals surface area contributed by atoms with Crippen LogP contribution in [0.4, 0.5) is 11.4 Å². The summed E-state index contributed by atoms with van der Waals surface area (Å²) in [6.45, 7) is 1.88. The van der Waals surface area contributed by atoms with Gasteiger partial charge >= 0.3 is 0 Å². The monoisotopic (exact) mass is 394 g/mol. The molecule has 0 fully saturated rings. The highest BCUT2D eigenvalue weighted by Crippen LogP contribution is 2.27. The number of aromatic hydroxyl groups is 1. The van der Waals surface area contributed by atoms with Crippen LogP contribution >= 0.6 is 0 Å². The van der Waals surface area contributed by atoms with Crippen molar-refractivity contribution < 1.29 is 9.90 Å². The molecule has 2 N–H and O–H groups in total. The van der Waals surface area contributed by atoms with Crippen molar-refractivity contribution in [3.05, 3.63) is 102 Å². The van der Waals surface area contributed by atoms with E-state index in [0.717, 1.165) is 16.3 Å². The number of hydrogen-bond donors (Lipinski definition) is 2. The van der Waals surface area contributed by atoms with E-state index in [-0.39, 0.29) is 17.6 Å². The quantitative estimate of drug-likeness (QED) is 0.406. The maximum Gasteiger partial charge on any atom is 0.231 e. The molecule has 0 heterocycles. The first kappa shape index (κ1) is 19.4. The number of rotatable bonds is 5. The van der Waals surface area contributed by atoms with E-state index in [4.69, 9.17) is 0 Å². The van der Waals surface area contributed by atoms with Crippen LogP contribution in [-0.4, -0.2) is 17.2 Å². The predicted molar refractivity (Wildman–Crippen MR) is 123 cm³/mol. The first-order chi connectivity index (χ1) is 14.6. The molecule has 0 spiro atoms. The van der Waals surface area contributed by atoms with E-state index >= 15 is 0 Å². The third-order valence-electron chi connectivity index (χ3n) is 5.10. The molecule has 0 saturated carbocycles. The minimum absolute atomic E-state index is 0.0750. The number of benzene rings is 4. The van der Waals surface area contributed by atoms with Gasteiger partial charge in [-0.15, -0.1) is 0 Å². The van der Waals surface area contributed by atoms with Gasteiger partial charge in [0.1, 0.15) is 5.75 Å². The van der Waals surface area contributed by atoms with Gasteiger partial charge < -0.3 is 10.4 Å². The fourth-order valence-corrected chi connectivity index (χ4v) is 3.37. The van der Waals surface area contributed by atoms with Crippen LogP contribution in [0.3, 0.4) is 0 Å². The number of phenolic OH excluding ortho intramolecular Hbond substituents is 1. The van der Waals surface area contributed by atoms with Crippen molar-refractivity contribution in [3.63, 3.8) is 0 Å². The Morgan fingerprint density at radius 3 is 2.53 bits per heavy atom. The molecule has 0 aliphatic heterocycles. The van der Waals surface area contributed by atoms with Gasteiger partial charge in [-0.2, -0.15) is 0 Å². The second-order valence-corrected chi connectivity index (χ2v) is 7.15. The minimum atomic E-state index is -0.258. The maximum absolute atomic E-state index is 12.6. The molecule has 4 nitrogen and oxygen atoms in total. The average molecular weight is 394 g/mol. The molecule has 0 saturated heterocycles. The van der Waals surface area contributed by atoms with Gasteiger partial charge in [-0.1, -0.05) is 66.7 Å². The first-order valence-corrected chi connectivity index (χ1v) is 9.82. The van der Waals surface area contributed by atoms with E-state index in [1.807, 2.05) is 91.9 Å². The summed E-state index contributed by atoms with van der Waals surface area (Å²) in [5.74, 6) is -0.154. The predicted octanol–water partition coefficient (Wildman–Crippen LogP) is 6.04. The van der Waals surface area contributed by atoms with Gasteiger partial charge in [0.25, 0.3) is 0 Å². The number of aliphatic imine (C=N–C) groups is 1. The highest BCUT2D eigenvalue weighted by Gasteiger charge is 2.15. The molecule has 0 aliphatic carbocycles. The zero-order valence-corrected chi connectivity index (χ0v) is 16.6. The summed E-state index contributed by atoms with van der Waals surface area (Å²) in [4.78, 5) is 17.1. The Hall–Kier alpha value is -3.92. The highest BCUT2D eigenvalue weighted by atomic mass is 16.3. The molecule has 0 aliphatic rings. The Kier molecular flexibility index (Phi) is 5.57. The van der Waals surface area contributed by atoms with Crippen LogP contribution in [0.15, 0.2) is 96.0 Å². The van der Waals surface area contributed by atoms with Gasteiger partial charge in [0.15, 0.2) is 0 Å². The Labute approximate surface area is 175 Å². The zero-order valence-electron chi connectivity index (χ0n) is 16.6. The number of fused-ring (bicyclic) bond motifs is 1. The van der Waals surface area contributed by atoms with Crippen LogP contribution in [-0.2, 0) is 4.79 Å². The fourth-order valence-electron chi connectivity index (χ4n) is 3.37. The molecule has 4 aromatic carbocycles. The summed E-state index contributed by atoms with van der Waals surface area (Å²) in [7, 11) is 0. The summed E-state index contributed by atoms with van der Waals surface area (Å²) in [6.07, 6.45) is 1.66. The van der Waals surface area contributed by atoms with Gasteiger partial charge in [-0.05, 0) is 47.5 Å². The number of nitrogens with zero attached hydrogens (tertiary/aromatic N) is 1. The lowest BCUT2D eigenvalue weighted by Crippen LogP contribution is -2.18. The molecule has 0 bridgehead atoms. The SMILES string of the molecule is C[C@@H](C(=O)Nc1cccc(N=Cc2c(O)ccc3ccccc23)c1)c1ccccc1. The van der Waals surface area contributed by atoms with Crippen LogP contribution < -0.4 is 5.32 Å². The Bertz CT molecular complexity index is 1220. The summed E-state index contributed by atoms with van der Waals surface area (Å²) in [5.41, 5.74) is 3.00. The largest absolute Gasteiger partial charge is 0.507 e. The number of anilines is 1. The van der Waals surface area contributed by atoms with E-state index in [1.165, 1.54) is 0 Å². The molecule has 4 rings (SSSR count). The van der Waals surface area contributed by atoms with Crippen molar-refractivity contribution >= 4 is 34.3 Å². The van der Waals surface area contributed by atoms with E-state index < -0.39 is 0 Å². The van der Waals surface area contributed by atoms with Gasteiger partial charge in [-0.25, -0.2) is 0 Å². The summed E-state index contributed by atoms with van der Waals surface area (Å²) >= 11 is 0. The highest BCUT2D eigenvalue weighted by molar-refractivity contribution is 6.03. The Morgan fingerprint density at radius 2 is 1.70 bits per heavy atom. The van der Waals surface area contributed by atoms with Crippen molar-refractivity contribution in [1.82, 2.24) is 0 Å². The van der Waals surface area contributed by atoms with E-state index in [1.54, 1.807) is 12.3 Å². The second kappa shape index (κ2) is 8.62. The molecule has 148 valence electrons. The molecular weight excluding hydrogens is 372 g/mol. The van der Waals surface area contributed by atoms with E-state index in [9.17, 15) is 9.90 Å². The van der Waals surface area contributed by atoms with Crippen molar-refractivity contribution in [2.45, 2.75) is 12.8 Å². The van der Waals surface area contributed by atoms with Gasteiger partial charge in [0, 0.05) is 17.5 Å². The van der Waals surface area contributed by atoms with Crippen molar-refractivity contribution in [2.24, 2.45) is 4.99 Å². The van der Waals surface area contributed by atoms with Gasteiger partial charge in [-0.3, -0.25) is 9.79 Å². The first-order valence-electron chi connectivity index (χ1n) is 9.82. The third kappa shape index (κ3) is 4.23. The lowest BCUT2D eigenvalue weighted by molar-refractivity contribution is -0.117. The van der Waals surface area contributed by atoms with Crippen LogP contribution in [0.2, 0.25) is 0 Å². The number of carbonyl (C=O) groups excluding carboxylic acids is 1. The molecule has 30 heavy (non-hydrogen) atoms. The number of carbonyl (C=O) groups is 1. The van der Waals surface area contributed by atoms with Crippen LogP contribution in [0.1, 0.15) is 24.0 Å². The molecule has 0 radical (unpaired) electrons. The van der Waals surface area contributed by atoms with E-state index in [0.29, 0.717) is 16.9 Å². The fraction of sp³-hybridized carbons (Fsp3) is 0.0769. The number of nitrogens with one attached hydrogen (secondary N) is 1. The number of amides is 1. The molecule has 0 unspecified atom stereocenters. The third-order valence-corrected chi connectivity index (χ3v) is 5.10. The Morgan fingerprint density at radius 1 is 0.933 bits per heavy atom. The number of phenols is 1. The minimum Gasteiger partial charge on any atom is -0.507 e. The van der Waals surface area contributed by atoms with Crippen LogP contribution in [0, 0.1) is 0 Å². The van der Waals surface area contributed by atoms with E-state index in [2.05, 4.69) is 10.3 Å². The maximum atomic E-state index is 12.6. The van der Waals surface area contributed by atoms with Gasteiger partial charge in [0.05, 0.1) is 11.6 Å². The molecule has 0 aromatic heterocycles. The summed E-state index contributed by atoms with van der Waals surface area (Å²) < 4.78 is 0. The topological polar surface area (TPSA) is 61.7 Å². The molecule has 1 atom stereocenters. The lowest BCUT2D eigenvalue weighted by atomic mass is 10.0. The molecule has 1 amide bonds. The normalized spacial score (nSPS) is 12.2. The smallest absolute Gasteiger partial charge is 0.231 e. The van der Waals surface area contributed by atoms with Crippen molar-refractivity contribution in [3.8, 4) is 5.75 Å². The molecule has 4 heteroatoms. The van der Waals surface area contributed by atoms with Crippen LogP contribution in [0.25, 0.3) is 10.8 Å². The summed E-state index contributed by atoms with van der Waals surface area (Å²) in [6, 6.07) is 28.4. The average Bonchev–Trinajstić information content (AvgIpc) is 2.78. The molecule has 4 aromatic rings. The lowest BCUT2D eigenvalue weighted by Gasteiger charge is -2.12. The van der Waals surface area contributed by atoms with Crippen molar-refractivity contribution in [2.75, 3.05) is 5.32 Å².